The smallest absolute Gasteiger partial charge is 0.405 e. The van der Waals surface area contributed by atoms with E-state index in [1.807, 2.05) is 13.8 Å². The zero-order chi connectivity index (χ0) is 33.0. The highest BCUT2D eigenvalue weighted by Gasteiger charge is 2.56. The summed E-state index contributed by atoms with van der Waals surface area (Å²) in [5.41, 5.74) is 3.39. The largest absolute Gasteiger partial charge is 0.468 e. The van der Waals surface area contributed by atoms with E-state index >= 15 is 0 Å². The molecule has 244 valence electrons. The van der Waals surface area contributed by atoms with E-state index in [1.165, 1.54) is 26.4 Å². The summed E-state index contributed by atoms with van der Waals surface area (Å²) in [6.45, 7) is 9.93. The number of nitrogens with two attached hydrogens (primary N) is 1. The number of allylic oxidation sites excluding steroid dienone is 3. The zero-order valence-corrected chi connectivity index (χ0v) is 26.7. The maximum absolute atomic E-state index is 13.8. The predicted molar refractivity (Wildman–Crippen MR) is 161 cm³/mol. The van der Waals surface area contributed by atoms with E-state index in [4.69, 9.17) is 29.4 Å². The zero-order valence-electron chi connectivity index (χ0n) is 26.7. The Morgan fingerprint density at radius 2 is 1.86 bits per heavy atom. The molecule has 1 aliphatic carbocycles. The summed E-state index contributed by atoms with van der Waals surface area (Å²) < 4.78 is 28.4. The number of carbonyl (C=O) groups is 3. The van der Waals surface area contributed by atoms with E-state index in [0.29, 0.717) is 12.0 Å². The standard InChI is InChI=1S/C32H46N2O10/c1-17-12-21-26(36)22(15-32(31(5,6)39)28(21)42-16-43-32)34-29(37)18(2)10-9-11-23(40-7)27(44-30(33)38)20(4)14-19(3)25(35)24(13-17)41-8/h9-11,14-15,17,19,23-25,27,35,39H,12-13,16H2,1-8H3,(H2,33,38)(H,34,37)/t17-,19+,23+,24+,25-,27+,32?/m1/s1. The minimum Gasteiger partial charge on any atom is -0.468 e. The van der Waals surface area contributed by atoms with Gasteiger partial charge in [0.25, 0.3) is 5.91 Å². The van der Waals surface area contributed by atoms with Crippen LogP contribution >= 0.6 is 0 Å². The normalized spacial score (nSPS) is 32.6. The van der Waals surface area contributed by atoms with Crippen LogP contribution in [0.2, 0.25) is 0 Å². The fourth-order valence-corrected chi connectivity index (χ4v) is 5.82. The fraction of sp³-hybridized carbons (Fsp3) is 0.594. The molecule has 44 heavy (non-hydrogen) atoms. The highest BCUT2D eigenvalue weighted by molar-refractivity contribution is 6.13. The molecule has 1 unspecified atom stereocenters. The molecule has 2 aliphatic heterocycles. The number of aliphatic hydroxyl groups excluding tert-OH is 1. The van der Waals surface area contributed by atoms with Crippen molar-refractivity contribution in [2.24, 2.45) is 17.6 Å². The molecule has 2 amide bonds. The Morgan fingerprint density at radius 3 is 2.45 bits per heavy atom. The van der Waals surface area contributed by atoms with Gasteiger partial charge in [-0.15, -0.1) is 0 Å². The highest BCUT2D eigenvalue weighted by Crippen LogP contribution is 2.46. The molecule has 1 fully saturated rings. The van der Waals surface area contributed by atoms with Gasteiger partial charge >= 0.3 is 6.09 Å². The van der Waals surface area contributed by atoms with Crippen LogP contribution in [0.25, 0.3) is 0 Å². The first kappa shape index (κ1) is 35.2. The molecular formula is C32H46N2O10. The van der Waals surface area contributed by atoms with Gasteiger partial charge in [-0.3, -0.25) is 9.59 Å². The molecular weight excluding hydrogens is 572 g/mol. The van der Waals surface area contributed by atoms with Crippen LogP contribution in [-0.2, 0) is 33.3 Å². The van der Waals surface area contributed by atoms with Crippen LogP contribution in [0, 0.1) is 11.8 Å². The number of methoxy groups -OCH3 is 2. The lowest BCUT2D eigenvalue weighted by Crippen LogP contribution is -2.53. The second-order valence-electron chi connectivity index (χ2n) is 12.2. The Morgan fingerprint density at radius 1 is 1.18 bits per heavy atom. The van der Waals surface area contributed by atoms with Gasteiger partial charge in [0.05, 0.1) is 23.5 Å². The molecule has 3 rings (SSSR count). The second-order valence-corrected chi connectivity index (χ2v) is 12.2. The first-order chi connectivity index (χ1) is 20.6. The molecule has 7 atom stereocenters. The summed E-state index contributed by atoms with van der Waals surface area (Å²) in [6.07, 6.45) is 4.11. The van der Waals surface area contributed by atoms with Crippen molar-refractivity contribution in [3.05, 3.63) is 58.6 Å². The van der Waals surface area contributed by atoms with Gasteiger partial charge < -0.3 is 44.9 Å². The summed E-state index contributed by atoms with van der Waals surface area (Å²) in [7, 11) is 2.93. The van der Waals surface area contributed by atoms with Crippen LogP contribution < -0.4 is 11.1 Å². The van der Waals surface area contributed by atoms with E-state index in [2.05, 4.69) is 5.32 Å². The van der Waals surface area contributed by atoms with Gasteiger partial charge in [-0.25, -0.2) is 4.79 Å². The van der Waals surface area contributed by atoms with Crippen molar-refractivity contribution in [3.8, 4) is 0 Å². The van der Waals surface area contributed by atoms with E-state index < -0.39 is 59.3 Å². The van der Waals surface area contributed by atoms with E-state index in [0.717, 1.165) is 0 Å². The monoisotopic (exact) mass is 618 g/mol. The van der Waals surface area contributed by atoms with Crippen molar-refractivity contribution in [2.75, 3.05) is 21.0 Å². The van der Waals surface area contributed by atoms with Crippen LogP contribution in [-0.4, -0.2) is 84.6 Å². The van der Waals surface area contributed by atoms with Crippen LogP contribution in [0.3, 0.4) is 0 Å². The van der Waals surface area contributed by atoms with Crippen molar-refractivity contribution in [1.82, 2.24) is 5.32 Å². The summed E-state index contributed by atoms with van der Waals surface area (Å²) in [4.78, 5) is 38.9. The third-order valence-electron chi connectivity index (χ3n) is 8.33. The van der Waals surface area contributed by atoms with Crippen molar-refractivity contribution in [1.29, 1.82) is 0 Å². The number of carbonyl (C=O) groups excluding carboxylic acids is 3. The summed E-state index contributed by atoms with van der Waals surface area (Å²) >= 11 is 0. The van der Waals surface area contributed by atoms with Gasteiger partial charge in [0.1, 0.15) is 11.9 Å². The van der Waals surface area contributed by atoms with Crippen molar-refractivity contribution in [3.63, 3.8) is 0 Å². The Balaban J connectivity index is 2.15. The number of Topliss-reactive ketones (excluding diaryl/α,β-unsaturated/α-hetero) is 1. The number of hydrogen-bond acceptors (Lipinski definition) is 10. The molecule has 12 nitrogen and oxygen atoms in total. The number of primary amides is 1. The Hall–Kier alpha value is -3.29. The molecule has 5 N–H and O–H groups in total. The quantitative estimate of drug-likeness (QED) is 0.343. The summed E-state index contributed by atoms with van der Waals surface area (Å²) in [5.74, 6) is -1.47. The molecule has 1 saturated heterocycles. The molecule has 2 heterocycles. The molecule has 0 radical (unpaired) electrons. The minimum atomic E-state index is -1.52. The first-order valence-electron chi connectivity index (χ1n) is 14.6. The number of fused-ring (bicyclic) bond motifs is 3. The maximum Gasteiger partial charge on any atom is 0.405 e. The van der Waals surface area contributed by atoms with E-state index in [9.17, 15) is 24.6 Å². The van der Waals surface area contributed by atoms with Crippen molar-refractivity contribution >= 4 is 17.8 Å². The third-order valence-corrected chi connectivity index (χ3v) is 8.33. The molecule has 3 aliphatic rings. The van der Waals surface area contributed by atoms with Crippen molar-refractivity contribution < 1.29 is 48.3 Å². The van der Waals surface area contributed by atoms with Gasteiger partial charge in [-0.05, 0) is 58.1 Å². The average Bonchev–Trinajstić information content (AvgIpc) is 3.39. The molecule has 2 bridgehead atoms. The number of amides is 2. The lowest BCUT2D eigenvalue weighted by Gasteiger charge is -2.39. The Bertz CT molecular complexity index is 1270. The fourth-order valence-electron chi connectivity index (χ4n) is 5.82. The van der Waals surface area contributed by atoms with E-state index in [1.54, 1.807) is 45.9 Å². The molecule has 12 heteroatoms. The third kappa shape index (κ3) is 7.49. The first-order valence-corrected chi connectivity index (χ1v) is 14.6. The molecule has 0 aromatic heterocycles. The SMILES string of the molecule is CO[C@H]1C=CC=C(C)C(=O)NC2=CC3(C(C)(C)O)OCOC3=C(C[C@@H](C)C[C@H](OC)[C@H](O)[C@@H](C)C=C(C)[C@@H]1OC(N)=O)C2=O. The van der Waals surface area contributed by atoms with Gasteiger partial charge in [0.15, 0.2) is 18.5 Å². The number of aliphatic hydroxyl groups is 2. The second kappa shape index (κ2) is 14.2. The average molecular weight is 619 g/mol. The number of hydrogen-bond donors (Lipinski definition) is 4. The van der Waals surface area contributed by atoms with E-state index in [-0.39, 0.29) is 41.7 Å². The van der Waals surface area contributed by atoms with Crippen LogP contribution in [0.1, 0.15) is 54.4 Å². The number of nitrogens with one attached hydrogen (secondary N) is 1. The summed E-state index contributed by atoms with van der Waals surface area (Å²) in [5, 5.41) is 25.2. The lowest BCUT2D eigenvalue weighted by atomic mass is 9.75. The Kier molecular flexibility index (Phi) is 11.4. The molecule has 0 spiro atoms. The van der Waals surface area contributed by atoms with Gasteiger partial charge in [-0.2, -0.15) is 0 Å². The topological polar surface area (TPSA) is 176 Å². The predicted octanol–water partition coefficient (Wildman–Crippen LogP) is 2.71. The maximum atomic E-state index is 13.8. The van der Waals surface area contributed by atoms with Crippen LogP contribution in [0.4, 0.5) is 4.79 Å². The molecule has 0 aromatic carbocycles. The van der Waals surface area contributed by atoms with Crippen LogP contribution in [0.5, 0.6) is 0 Å². The van der Waals surface area contributed by atoms with Gasteiger partial charge in [0.2, 0.25) is 5.78 Å². The Labute approximate surface area is 258 Å². The highest BCUT2D eigenvalue weighted by atomic mass is 16.7. The summed E-state index contributed by atoms with van der Waals surface area (Å²) in [6, 6.07) is 0. The van der Waals surface area contributed by atoms with Gasteiger partial charge in [-0.1, -0.05) is 38.2 Å². The van der Waals surface area contributed by atoms with Crippen LogP contribution in [0.15, 0.2) is 58.6 Å². The molecule has 0 saturated carbocycles. The number of ether oxygens (including phenoxy) is 5. The number of rotatable bonds is 4. The van der Waals surface area contributed by atoms with Crippen molar-refractivity contribution in [2.45, 2.75) is 90.0 Å². The molecule has 0 aromatic rings. The minimum absolute atomic E-state index is 0.0512. The lowest BCUT2D eigenvalue weighted by molar-refractivity contribution is -0.121. The number of ketones is 1. The van der Waals surface area contributed by atoms with Gasteiger partial charge in [0, 0.05) is 31.3 Å².